The third-order valence-corrected chi connectivity index (χ3v) is 3.01. The van der Waals surface area contributed by atoms with E-state index in [4.69, 9.17) is 23.2 Å². The molecule has 0 saturated heterocycles. The van der Waals surface area contributed by atoms with Crippen LogP contribution in [0.5, 0.6) is 0 Å². The molecule has 0 aliphatic heterocycles. The summed E-state index contributed by atoms with van der Waals surface area (Å²) in [4.78, 5) is 23.8. The van der Waals surface area contributed by atoms with Gasteiger partial charge in [0.15, 0.2) is 0 Å². The molecule has 19 heavy (non-hydrogen) atoms. The number of aryl methyl sites for hydroxylation is 1. The lowest BCUT2D eigenvalue weighted by Gasteiger charge is -2.05. The van der Waals surface area contributed by atoms with E-state index >= 15 is 0 Å². The summed E-state index contributed by atoms with van der Waals surface area (Å²) in [6.45, 7) is 2.09. The predicted molar refractivity (Wildman–Crippen MR) is 72.2 cm³/mol. The normalized spacial score (nSPS) is 10.3. The van der Waals surface area contributed by atoms with E-state index in [-0.39, 0.29) is 16.1 Å². The van der Waals surface area contributed by atoms with E-state index in [1.807, 2.05) is 0 Å². The summed E-state index contributed by atoms with van der Waals surface area (Å²) < 4.78 is 0. The van der Waals surface area contributed by atoms with E-state index in [0.29, 0.717) is 17.9 Å². The Morgan fingerprint density at radius 2 is 2.16 bits per heavy atom. The molecule has 0 unspecified atom stereocenters. The summed E-state index contributed by atoms with van der Waals surface area (Å²) in [6.07, 6.45) is 3.01. The van der Waals surface area contributed by atoms with Crippen LogP contribution >= 0.6 is 23.2 Å². The van der Waals surface area contributed by atoms with Gasteiger partial charge in [0.1, 0.15) is 11.0 Å². The van der Waals surface area contributed by atoms with Crippen LogP contribution < -0.4 is 5.32 Å². The molecule has 0 spiro atoms. The Morgan fingerprint density at radius 3 is 2.84 bits per heavy atom. The molecule has 0 fully saturated rings. The molecule has 7 heteroatoms. The van der Waals surface area contributed by atoms with Crippen LogP contribution in [0, 0.1) is 6.92 Å². The van der Waals surface area contributed by atoms with E-state index in [1.165, 1.54) is 12.3 Å². The third kappa shape index (κ3) is 3.62. The average Bonchev–Trinajstić information content (AvgIpc) is 2.39. The van der Waals surface area contributed by atoms with Gasteiger partial charge in [-0.3, -0.25) is 4.79 Å². The van der Waals surface area contributed by atoms with Crippen LogP contribution in [-0.2, 0) is 6.54 Å². The number of hydrogen-bond acceptors (Lipinski definition) is 4. The Bertz CT molecular complexity index is 618. The first-order chi connectivity index (χ1) is 9.06. The number of nitrogens with one attached hydrogen (secondary N) is 1. The van der Waals surface area contributed by atoms with Crippen LogP contribution in [0.3, 0.4) is 0 Å². The summed E-state index contributed by atoms with van der Waals surface area (Å²) in [6, 6.07) is 3.21. The zero-order chi connectivity index (χ0) is 13.8. The van der Waals surface area contributed by atoms with Gasteiger partial charge in [-0.05, 0) is 19.1 Å². The Kier molecular flexibility index (Phi) is 4.29. The zero-order valence-corrected chi connectivity index (χ0v) is 11.5. The fourth-order valence-electron chi connectivity index (χ4n) is 1.42. The summed E-state index contributed by atoms with van der Waals surface area (Å²) >= 11 is 11.5. The number of carbonyl (C=O) groups is 1. The number of rotatable bonds is 3. The van der Waals surface area contributed by atoms with Crippen molar-refractivity contribution in [2.24, 2.45) is 0 Å². The maximum absolute atomic E-state index is 11.9. The first-order valence-electron chi connectivity index (χ1n) is 5.44. The van der Waals surface area contributed by atoms with E-state index in [2.05, 4.69) is 20.3 Å². The number of nitrogens with zero attached hydrogens (tertiary/aromatic N) is 3. The van der Waals surface area contributed by atoms with Crippen molar-refractivity contribution < 1.29 is 4.79 Å². The second-order valence-electron chi connectivity index (χ2n) is 3.77. The van der Waals surface area contributed by atoms with Gasteiger partial charge in [-0.25, -0.2) is 15.0 Å². The lowest BCUT2D eigenvalue weighted by atomic mass is 10.2. The van der Waals surface area contributed by atoms with E-state index in [9.17, 15) is 4.79 Å². The van der Waals surface area contributed by atoms with Gasteiger partial charge in [0.05, 0.1) is 22.8 Å². The SMILES string of the molecule is Cc1nccc(CNC(=O)c2cnc(Cl)c(Cl)c2)n1. The predicted octanol–water partition coefficient (Wildman–Crippen LogP) is 2.42. The Morgan fingerprint density at radius 1 is 1.37 bits per heavy atom. The molecule has 0 aliphatic rings. The van der Waals surface area contributed by atoms with Gasteiger partial charge in [0.25, 0.3) is 5.91 Å². The molecule has 0 radical (unpaired) electrons. The van der Waals surface area contributed by atoms with Crippen molar-refractivity contribution in [2.45, 2.75) is 13.5 Å². The van der Waals surface area contributed by atoms with Crippen molar-refractivity contribution in [1.82, 2.24) is 20.3 Å². The highest BCUT2D eigenvalue weighted by Gasteiger charge is 2.09. The zero-order valence-electron chi connectivity index (χ0n) is 10.0. The Labute approximate surface area is 120 Å². The summed E-state index contributed by atoms with van der Waals surface area (Å²) in [5.41, 5.74) is 1.08. The third-order valence-electron chi connectivity index (χ3n) is 2.32. The van der Waals surface area contributed by atoms with Crippen molar-refractivity contribution in [2.75, 3.05) is 0 Å². The van der Waals surface area contributed by atoms with Crippen LogP contribution in [-0.4, -0.2) is 20.9 Å². The molecule has 5 nitrogen and oxygen atoms in total. The van der Waals surface area contributed by atoms with E-state index in [0.717, 1.165) is 5.69 Å². The minimum atomic E-state index is -0.290. The van der Waals surface area contributed by atoms with Gasteiger partial charge in [0.2, 0.25) is 0 Å². The van der Waals surface area contributed by atoms with Gasteiger partial charge in [-0.1, -0.05) is 23.2 Å². The number of amides is 1. The van der Waals surface area contributed by atoms with Crippen molar-refractivity contribution in [3.63, 3.8) is 0 Å². The van der Waals surface area contributed by atoms with Crippen LogP contribution in [0.15, 0.2) is 24.5 Å². The van der Waals surface area contributed by atoms with Gasteiger partial charge in [0, 0.05) is 12.4 Å². The van der Waals surface area contributed by atoms with Crippen LogP contribution in [0.1, 0.15) is 21.9 Å². The largest absolute Gasteiger partial charge is 0.346 e. The highest BCUT2D eigenvalue weighted by atomic mass is 35.5. The molecule has 2 rings (SSSR count). The van der Waals surface area contributed by atoms with E-state index in [1.54, 1.807) is 19.2 Å². The fraction of sp³-hybridized carbons (Fsp3) is 0.167. The molecule has 0 atom stereocenters. The second-order valence-corrected chi connectivity index (χ2v) is 4.54. The molecule has 0 saturated carbocycles. The molecule has 0 aliphatic carbocycles. The van der Waals surface area contributed by atoms with Crippen molar-refractivity contribution in [3.05, 3.63) is 51.8 Å². The van der Waals surface area contributed by atoms with Crippen LogP contribution in [0.25, 0.3) is 0 Å². The quantitative estimate of drug-likeness (QED) is 0.883. The Hall–Kier alpha value is -1.72. The first-order valence-corrected chi connectivity index (χ1v) is 6.19. The number of aromatic nitrogens is 3. The lowest BCUT2D eigenvalue weighted by molar-refractivity contribution is 0.0950. The summed E-state index contributed by atoms with van der Waals surface area (Å²) in [5.74, 6) is 0.366. The van der Waals surface area contributed by atoms with Gasteiger partial charge < -0.3 is 5.32 Å². The number of carbonyl (C=O) groups excluding carboxylic acids is 1. The standard InChI is InChI=1S/C12H10Cl2N4O/c1-7-15-3-2-9(18-7)6-17-12(19)8-4-10(13)11(14)16-5-8/h2-5H,6H2,1H3,(H,17,19). The van der Waals surface area contributed by atoms with Crippen LogP contribution in [0.2, 0.25) is 10.2 Å². The summed E-state index contributed by atoms with van der Waals surface area (Å²) in [5, 5.41) is 3.13. The average molecular weight is 297 g/mol. The van der Waals surface area contributed by atoms with Gasteiger partial charge >= 0.3 is 0 Å². The molecule has 2 aromatic rings. The number of halogens is 2. The molecule has 0 bridgehead atoms. The van der Waals surface area contributed by atoms with Crippen molar-refractivity contribution >= 4 is 29.1 Å². The molecule has 0 aromatic carbocycles. The summed E-state index contributed by atoms with van der Waals surface area (Å²) in [7, 11) is 0. The molecule has 98 valence electrons. The maximum atomic E-state index is 11.9. The van der Waals surface area contributed by atoms with Crippen LogP contribution in [0.4, 0.5) is 0 Å². The maximum Gasteiger partial charge on any atom is 0.253 e. The van der Waals surface area contributed by atoms with Gasteiger partial charge in [-0.2, -0.15) is 0 Å². The van der Waals surface area contributed by atoms with Gasteiger partial charge in [-0.15, -0.1) is 0 Å². The Balaban J connectivity index is 2.03. The molecule has 2 heterocycles. The topological polar surface area (TPSA) is 67.8 Å². The molecule has 1 amide bonds. The monoisotopic (exact) mass is 296 g/mol. The molecule has 1 N–H and O–H groups in total. The number of pyridine rings is 1. The number of hydrogen-bond donors (Lipinski definition) is 1. The minimum Gasteiger partial charge on any atom is -0.346 e. The fourth-order valence-corrected chi connectivity index (χ4v) is 1.69. The smallest absolute Gasteiger partial charge is 0.253 e. The molecule has 2 aromatic heterocycles. The minimum absolute atomic E-state index is 0.171. The first kappa shape index (κ1) is 13.7. The van der Waals surface area contributed by atoms with Crippen molar-refractivity contribution in [3.8, 4) is 0 Å². The second kappa shape index (κ2) is 5.95. The lowest BCUT2D eigenvalue weighted by Crippen LogP contribution is -2.23. The highest BCUT2D eigenvalue weighted by Crippen LogP contribution is 2.19. The molecular weight excluding hydrogens is 287 g/mol. The molecular formula is C12H10Cl2N4O. The van der Waals surface area contributed by atoms with Crippen molar-refractivity contribution in [1.29, 1.82) is 0 Å². The highest BCUT2D eigenvalue weighted by molar-refractivity contribution is 6.41. The van der Waals surface area contributed by atoms with E-state index < -0.39 is 0 Å².